The fraction of sp³-hybridized carbons (Fsp3) is 0.700. The van der Waals surface area contributed by atoms with Gasteiger partial charge in [0.05, 0.1) is 0 Å². The smallest absolute Gasteiger partial charge is 0.249 e. The van der Waals surface area contributed by atoms with Crippen LogP contribution in [0.1, 0.15) is 26.7 Å². The van der Waals surface area contributed by atoms with Crippen LogP contribution in [0, 0.1) is 5.92 Å². The molecule has 1 aliphatic rings. The number of allylic oxidation sites excluding steroid dienone is 1. The normalized spacial score (nSPS) is 22.5. The molecule has 0 aliphatic carbocycles. The maximum absolute atomic E-state index is 11.5. The first-order valence-corrected chi connectivity index (χ1v) is 4.57. The average molecular weight is 167 g/mol. The molecule has 0 spiro atoms. The minimum absolute atomic E-state index is 0.218. The molecule has 0 aromatic rings. The Morgan fingerprint density at radius 2 is 2.17 bits per heavy atom. The highest BCUT2D eigenvalue weighted by molar-refractivity contribution is 5.93. The number of amides is 1. The zero-order valence-electron chi connectivity index (χ0n) is 8.13. The van der Waals surface area contributed by atoms with Crippen LogP contribution in [0.4, 0.5) is 0 Å². The Kier molecular flexibility index (Phi) is 2.90. The van der Waals surface area contributed by atoms with Gasteiger partial charge < -0.3 is 4.90 Å². The lowest BCUT2D eigenvalue weighted by Crippen LogP contribution is -2.33. The van der Waals surface area contributed by atoms with Gasteiger partial charge in [-0.2, -0.15) is 0 Å². The third-order valence-corrected chi connectivity index (χ3v) is 2.10. The summed E-state index contributed by atoms with van der Waals surface area (Å²) in [6, 6.07) is 0. The van der Waals surface area contributed by atoms with Crippen LogP contribution in [0.25, 0.3) is 0 Å². The molecule has 0 bridgehead atoms. The Morgan fingerprint density at radius 1 is 1.50 bits per heavy atom. The van der Waals surface area contributed by atoms with Gasteiger partial charge in [0.1, 0.15) is 0 Å². The lowest BCUT2D eigenvalue weighted by atomic mass is 10.0. The van der Waals surface area contributed by atoms with Gasteiger partial charge in [0, 0.05) is 19.2 Å². The Morgan fingerprint density at radius 3 is 2.75 bits per heavy atom. The van der Waals surface area contributed by atoms with Gasteiger partial charge in [-0.1, -0.05) is 19.9 Å². The lowest BCUT2D eigenvalue weighted by molar-refractivity contribution is -0.127. The van der Waals surface area contributed by atoms with Crippen molar-refractivity contribution in [2.24, 2.45) is 5.92 Å². The van der Waals surface area contributed by atoms with Crippen LogP contribution in [-0.2, 0) is 4.79 Å². The molecule has 1 aliphatic heterocycles. The molecular formula is C10H17NO. The van der Waals surface area contributed by atoms with Gasteiger partial charge in [0.25, 0.3) is 0 Å². The molecule has 12 heavy (non-hydrogen) atoms. The largest absolute Gasteiger partial charge is 0.342 e. The van der Waals surface area contributed by atoms with Gasteiger partial charge in [0.15, 0.2) is 0 Å². The monoisotopic (exact) mass is 167 g/mol. The van der Waals surface area contributed by atoms with E-state index in [2.05, 4.69) is 19.9 Å². The van der Waals surface area contributed by atoms with Gasteiger partial charge in [-0.25, -0.2) is 0 Å². The van der Waals surface area contributed by atoms with E-state index in [0.717, 1.165) is 25.0 Å². The number of carbonyl (C=O) groups excluding carboxylic acids is 1. The van der Waals surface area contributed by atoms with Crippen LogP contribution in [0.5, 0.6) is 0 Å². The van der Waals surface area contributed by atoms with E-state index in [1.165, 1.54) is 0 Å². The minimum Gasteiger partial charge on any atom is -0.342 e. The van der Waals surface area contributed by atoms with Crippen molar-refractivity contribution in [2.75, 3.05) is 13.6 Å². The van der Waals surface area contributed by atoms with Crippen molar-refractivity contribution < 1.29 is 4.79 Å². The third kappa shape index (κ3) is 2.10. The van der Waals surface area contributed by atoms with E-state index < -0.39 is 0 Å². The zero-order chi connectivity index (χ0) is 9.14. The molecule has 1 amide bonds. The number of piperidine rings is 1. The molecule has 0 aromatic carbocycles. The summed E-state index contributed by atoms with van der Waals surface area (Å²) in [5, 5.41) is 0. The highest BCUT2D eigenvalue weighted by Gasteiger charge is 2.19. The molecule has 1 rings (SSSR count). The second-order valence-corrected chi connectivity index (χ2v) is 3.77. The molecule has 1 saturated heterocycles. The van der Waals surface area contributed by atoms with E-state index in [9.17, 15) is 4.79 Å². The molecule has 0 saturated carbocycles. The Hall–Kier alpha value is -0.790. The van der Waals surface area contributed by atoms with Gasteiger partial charge in [-0.05, 0) is 18.8 Å². The molecule has 0 N–H and O–H groups in total. The number of carbonyl (C=O) groups is 1. The average Bonchev–Trinajstić information content (AvgIpc) is 1.98. The lowest BCUT2D eigenvalue weighted by Gasteiger charge is -2.24. The van der Waals surface area contributed by atoms with Crippen molar-refractivity contribution in [3.8, 4) is 0 Å². The quantitative estimate of drug-likeness (QED) is 0.545. The Labute approximate surface area is 74.2 Å². The number of hydrogen-bond acceptors (Lipinski definition) is 1. The van der Waals surface area contributed by atoms with Gasteiger partial charge in [0.2, 0.25) is 5.91 Å². The van der Waals surface area contributed by atoms with Crippen LogP contribution in [0.15, 0.2) is 11.6 Å². The Bertz CT molecular complexity index is 206. The summed E-state index contributed by atoms with van der Waals surface area (Å²) in [5.74, 6) is 0.699. The zero-order valence-corrected chi connectivity index (χ0v) is 8.13. The number of hydrogen-bond donors (Lipinski definition) is 0. The van der Waals surface area contributed by atoms with Crippen LogP contribution >= 0.6 is 0 Å². The molecule has 68 valence electrons. The van der Waals surface area contributed by atoms with Crippen LogP contribution < -0.4 is 0 Å². The van der Waals surface area contributed by atoms with Crippen LogP contribution in [0.3, 0.4) is 0 Å². The summed E-state index contributed by atoms with van der Waals surface area (Å²) < 4.78 is 0. The van der Waals surface area contributed by atoms with E-state index >= 15 is 0 Å². The summed E-state index contributed by atoms with van der Waals surface area (Å²) in [6.45, 7) is 5.12. The third-order valence-electron chi connectivity index (χ3n) is 2.10. The predicted molar refractivity (Wildman–Crippen MR) is 49.8 cm³/mol. The first-order chi connectivity index (χ1) is 5.61. The molecular weight excluding hydrogens is 150 g/mol. The van der Waals surface area contributed by atoms with Gasteiger partial charge in [-0.15, -0.1) is 0 Å². The highest BCUT2D eigenvalue weighted by atomic mass is 16.2. The highest BCUT2D eigenvalue weighted by Crippen LogP contribution is 2.17. The minimum atomic E-state index is 0.218. The SMILES string of the molecule is CC(C)/C=C1\CCCN(C)C1=O. The van der Waals surface area contributed by atoms with Crippen molar-refractivity contribution in [3.05, 3.63) is 11.6 Å². The number of nitrogens with zero attached hydrogens (tertiary/aromatic N) is 1. The van der Waals surface area contributed by atoms with Crippen molar-refractivity contribution in [3.63, 3.8) is 0 Å². The van der Waals surface area contributed by atoms with E-state index in [-0.39, 0.29) is 5.91 Å². The van der Waals surface area contributed by atoms with Crippen LogP contribution in [-0.4, -0.2) is 24.4 Å². The molecule has 0 radical (unpaired) electrons. The van der Waals surface area contributed by atoms with Crippen molar-refractivity contribution in [1.82, 2.24) is 4.90 Å². The molecule has 1 fully saturated rings. The maximum Gasteiger partial charge on any atom is 0.249 e. The molecule has 2 nitrogen and oxygen atoms in total. The van der Waals surface area contributed by atoms with E-state index in [4.69, 9.17) is 0 Å². The van der Waals surface area contributed by atoms with E-state index in [1.807, 2.05) is 7.05 Å². The number of rotatable bonds is 1. The topological polar surface area (TPSA) is 20.3 Å². The summed E-state index contributed by atoms with van der Waals surface area (Å²) in [7, 11) is 1.87. The van der Waals surface area contributed by atoms with Crippen molar-refractivity contribution >= 4 is 5.91 Å². The molecule has 0 atom stereocenters. The first-order valence-electron chi connectivity index (χ1n) is 4.57. The standard InChI is InChI=1S/C10H17NO/c1-8(2)7-9-5-4-6-11(3)10(9)12/h7-8H,4-6H2,1-3H3/b9-7+. The number of likely N-dealkylation sites (N-methyl/N-ethyl adjacent to an activating group) is 1. The predicted octanol–water partition coefficient (Wildman–Crippen LogP) is 1.82. The van der Waals surface area contributed by atoms with E-state index in [1.54, 1.807) is 4.90 Å². The second-order valence-electron chi connectivity index (χ2n) is 3.77. The fourth-order valence-electron chi connectivity index (χ4n) is 1.52. The van der Waals surface area contributed by atoms with Gasteiger partial charge >= 0.3 is 0 Å². The summed E-state index contributed by atoms with van der Waals surface area (Å²) >= 11 is 0. The van der Waals surface area contributed by atoms with E-state index in [0.29, 0.717) is 5.92 Å². The maximum atomic E-state index is 11.5. The number of likely N-dealkylation sites (tertiary alicyclic amines) is 1. The summed E-state index contributed by atoms with van der Waals surface area (Å²) in [5.41, 5.74) is 0.999. The molecule has 0 aromatic heterocycles. The fourth-order valence-corrected chi connectivity index (χ4v) is 1.52. The van der Waals surface area contributed by atoms with Crippen molar-refractivity contribution in [2.45, 2.75) is 26.7 Å². The molecule has 2 heteroatoms. The summed E-state index contributed by atoms with van der Waals surface area (Å²) in [6.07, 6.45) is 4.15. The molecule has 0 unspecified atom stereocenters. The molecule has 1 heterocycles. The summed E-state index contributed by atoms with van der Waals surface area (Å²) in [4.78, 5) is 13.3. The van der Waals surface area contributed by atoms with Crippen molar-refractivity contribution in [1.29, 1.82) is 0 Å². The second kappa shape index (κ2) is 3.74. The first kappa shape index (κ1) is 9.30. The Balaban J connectivity index is 2.70. The van der Waals surface area contributed by atoms with Gasteiger partial charge in [-0.3, -0.25) is 4.79 Å². The van der Waals surface area contributed by atoms with Crippen LogP contribution in [0.2, 0.25) is 0 Å².